The van der Waals surface area contributed by atoms with Gasteiger partial charge >= 0.3 is 5.97 Å². The number of carbonyl (C=O) groups is 3. The standard InChI is InChI=1S/C24H21NO6S/c1-29-16-9-10-17-14(11-16)7-8-15-12-20(32-22(15)17)24(28)31-13-21(26)25-23(27)18-5-3-4-6-19(18)30-2/h3-6,9-12H,7-8,13H2,1-2H3,(H,25,26,27). The van der Waals surface area contributed by atoms with Gasteiger partial charge in [0.05, 0.1) is 19.8 Å². The van der Waals surface area contributed by atoms with Crippen LogP contribution in [-0.4, -0.2) is 38.6 Å². The van der Waals surface area contributed by atoms with Crippen molar-refractivity contribution in [3.63, 3.8) is 0 Å². The Kier molecular flexibility index (Phi) is 6.23. The third-order valence-corrected chi connectivity index (χ3v) is 6.36. The second-order valence-electron chi connectivity index (χ2n) is 7.14. The smallest absolute Gasteiger partial charge is 0.348 e. The van der Waals surface area contributed by atoms with E-state index in [4.69, 9.17) is 14.2 Å². The molecule has 0 spiro atoms. The molecule has 0 atom stereocenters. The van der Waals surface area contributed by atoms with E-state index in [2.05, 4.69) is 5.32 Å². The zero-order chi connectivity index (χ0) is 22.7. The van der Waals surface area contributed by atoms with Crippen LogP contribution in [0.3, 0.4) is 0 Å². The predicted molar refractivity (Wildman–Crippen MR) is 119 cm³/mol. The van der Waals surface area contributed by atoms with E-state index in [1.807, 2.05) is 24.3 Å². The van der Waals surface area contributed by atoms with Gasteiger partial charge in [-0.2, -0.15) is 0 Å². The number of nitrogens with one attached hydrogen (secondary N) is 1. The number of fused-ring (bicyclic) bond motifs is 3. The Labute approximate surface area is 188 Å². The normalized spacial score (nSPS) is 11.7. The molecule has 2 aromatic carbocycles. The molecule has 7 nitrogen and oxygen atoms in total. The van der Waals surface area contributed by atoms with Gasteiger partial charge in [-0.3, -0.25) is 14.9 Å². The summed E-state index contributed by atoms with van der Waals surface area (Å²) in [6, 6.07) is 14.3. The summed E-state index contributed by atoms with van der Waals surface area (Å²) < 4.78 is 15.6. The summed E-state index contributed by atoms with van der Waals surface area (Å²) in [5.41, 5.74) is 3.55. The molecule has 0 saturated heterocycles. The number of aryl methyl sites for hydroxylation is 2. The van der Waals surface area contributed by atoms with Crippen molar-refractivity contribution in [2.24, 2.45) is 0 Å². The summed E-state index contributed by atoms with van der Waals surface area (Å²) in [4.78, 5) is 38.4. The van der Waals surface area contributed by atoms with Crippen LogP contribution < -0.4 is 14.8 Å². The number of ether oxygens (including phenoxy) is 3. The van der Waals surface area contributed by atoms with Gasteiger partial charge in [0, 0.05) is 4.88 Å². The van der Waals surface area contributed by atoms with Crippen molar-refractivity contribution in [3.8, 4) is 21.9 Å². The van der Waals surface area contributed by atoms with Crippen LogP contribution in [0.4, 0.5) is 0 Å². The summed E-state index contributed by atoms with van der Waals surface area (Å²) in [5, 5.41) is 2.21. The molecule has 4 rings (SSSR count). The van der Waals surface area contributed by atoms with Crippen LogP contribution in [0.2, 0.25) is 0 Å². The second-order valence-corrected chi connectivity index (χ2v) is 8.19. The fraction of sp³-hybridized carbons (Fsp3) is 0.208. The second kappa shape index (κ2) is 9.23. The first-order valence-corrected chi connectivity index (χ1v) is 10.8. The van der Waals surface area contributed by atoms with E-state index in [-0.39, 0.29) is 5.56 Å². The molecule has 32 heavy (non-hydrogen) atoms. The molecule has 164 valence electrons. The molecule has 1 aromatic heterocycles. The summed E-state index contributed by atoms with van der Waals surface area (Å²) in [6.07, 6.45) is 1.67. The monoisotopic (exact) mass is 451 g/mol. The Balaban J connectivity index is 1.39. The van der Waals surface area contributed by atoms with Crippen molar-refractivity contribution >= 4 is 29.1 Å². The molecule has 0 radical (unpaired) electrons. The van der Waals surface area contributed by atoms with Gasteiger partial charge in [-0.1, -0.05) is 12.1 Å². The lowest BCUT2D eigenvalue weighted by Gasteiger charge is -2.16. The van der Waals surface area contributed by atoms with Crippen LogP contribution in [-0.2, 0) is 22.4 Å². The summed E-state index contributed by atoms with van der Waals surface area (Å²) in [7, 11) is 3.07. The topological polar surface area (TPSA) is 90.9 Å². The first kappa shape index (κ1) is 21.6. The average Bonchev–Trinajstić information content (AvgIpc) is 3.27. The highest BCUT2D eigenvalue weighted by molar-refractivity contribution is 7.17. The molecule has 1 heterocycles. The van der Waals surface area contributed by atoms with E-state index in [1.54, 1.807) is 25.3 Å². The van der Waals surface area contributed by atoms with Crippen molar-refractivity contribution in [1.82, 2.24) is 5.32 Å². The minimum absolute atomic E-state index is 0.218. The highest BCUT2D eigenvalue weighted by Gasteiger charge is 2.23. The molecule has 0 unspecified atom stereocenters. The lowest BCUT2D eigenvalue weighted by molar-refractivity contribution is -0.123. The highest BCUT2D eigenvalue weighted by Crippen LogP contribution is 2.41. The molecule has 2 amide bonds. The maximum Gasteiger partial charge on any atom is 0.348 e. The van der Waals surface area contributed by atoms with Crippen molar-refractivity contribution < 1.29 is 28.6 Å². The van der Waals surface area contributed by atoms with E-state index in [9.17, 15) is 14.4 Å². The number of methoxy groups -OCH3 is 2. The molecule has 1 aliphatic rings. The van der Waals surface area contributed by atoms with Crippen LogP contribution in [0, 0.1) is 0 Å². The maximum atomic E-state index is 12.5. The number of rotatable bonds is 6. The van der Waals surface area contributed by atoms with E-state index in [1.165, 1.54) is 30.1 Å². The van der Waals surface area contributed by atoms with Gasteiger partial charge < -0.3 is 14.2 Å². The lowest BCUT2D eigenvalue weighted by Crippen LogP contribution is -2.34. The van der Waals surface area contributed by atoms with Crippen LogP contribution in [0.1, 0.15) is 31.2 Å². The van der Waals surface area contributed by atoms with E-state index < -0.39 is 24.4 Å². The van der Waals surface area contributed by atoms with Crippen molar-refractivity contribution in [1.29, 1.82) is 0 Å². The van der Waals surface area contributed by atoms with Gasteiger partial charge in [0.15, 0.2) is 6.61 Å². The lowest BCUT2D eigenvalue weighted by atomic mass is 9.91. The maximum absolute atomic E-state index is 12.5. The Hall–Kier alpha value is -3.65. The van der Waals surface area contributed by atoms with Gasteiger partial charge in [0.2, 0.25) is 0 Å². The van der Waals surface area contributed by atoms with Gasteiger partial charge in [0.1, 0.15) is 16.4 Å². The summed E-state index contributed by atoms with van der Waals surface area (Å²) in [5.74, 6) is -0.788. The quantitative estimate of drug-likeness (QED) is 0.576. The number of benzene rings is 2. The van der Waals surface area contributed by atoms with E-state index >= 15 is 0 Å². The van der Waals surface area contributed by atoms with Gasteiger partial charge in [-0.15, -0.1) is 11.3 Å². The van der Waals surface area contributed by atoms with Crippen molar-refractivity contribution in [2.45, 2.75) is 12.8 Å². The number of amides is 2. The molecular weight excluding hydrogens is 430 g/mol. The van der Waals surface area contributed by atoms with Gasteiger partial charge in [0.25, 0.3) is 11.8 Å². The van der Waals surface area contributed by atoms with E-state index in [0.717, 1.165) is 34.6 Å². The molecule has 1 N–H and O–H groups in total. The molecule has 0 saturated carbocycles. The molecule has 1 aliphatic carbocycles. The summed E-state index contributed by atoms with van der Waals surface area (Å²) >= 11 is 1.34. The number of para-hydroxylation sites is 1. The first-order chi connectivity index (χ1) is 15.5. The Bertz CT molecular complexity index is 1200. The summed E-state index contributed by atoms with van der Waals surface area (Å²) in [6.45, 7) is -0.559. The highest BCUT2D eigenvalue weighted by atomic mass is 32.1. The largest absolute Gasteiger partial charge is 0.497 e. The van der Waals surface area contributed by atoms with Gasteiger partial charge in [-0.25, -0.2) is 4.79 Å². The van der Waals surface area contributed by atoms with E-state index in [0.29, 0.717) is 10.6 Å². The number of esters is 1. The van der Waals surface area contributed by atoms with Crippen molar-refractivity contribution in [2.75, 3.05) is 20.8 Å². The number of carbonyl (C=O) groups excluding carboxylic acids is 3. The fourth-order valence-electron chi connectivity index (χ4n) is 3.60. The van der Waals surface area contributed by atoms with Gasteiger partial charge in [-0.05, 0) is 65.9 Å². The van der Waals surface area contributed by atoms with Crippen molar-refractivity contribution in [3.05, 3.63) is 70.1 Å². The number of hydrogen-bond donors (Lipinski definition) is 1. The number of hydrogen-bond acceptors (Lipinski definition) is 7. The molecule has 0 aliphatic heterocycles. The number of thiophene rings is 1. The third kappa shape index (κ3) is 4.36. The van der Waals surface area contributed by atoms with Crippen LogP contribution in [0.5, 0.6) is 11.5 Å². The SMILES string of the molecule is COc1ccc2c(c1)CCc1cc(C(=O)OCC(=O)NC(=O)c3ccccc3OC)sc1-2. The Morgan fingerprint density at radius 2 is 1.75 bits per heavy atom. The molecular formula is C24H21NO6S. The van der Waals surface area contributed by atoms with Crippen LogP contribution >= 0.6 is 11.3 Å². The Morgan fingerprint density at radius 1 is 0.969 bits per heavy atom. The van der Waals surface area contributed by atoms with Crippen LogP contribution in [0.25, 0.3) is 10.4 Å². The zero-order valence-electron chi connectivity index (χ0n) is 17.6. The Morgan fingerprint density at radius 3 is 2.53 bits per heavy atom. The van der Waals surface area contributed by atoms with Crippen LogP contribution in [0.15, 0.2) is 48.5 Å². The minimum atomic E-state index is -0.715. The first-order valence-electron chi connectivity index (χ1n) is 9.94. The fourth-order valence-corrected chi connectivity index (χ4v) is 4.77. The molecule has 8 heteroatoms. The predicted octanol–water partition coefficient (Wildman–Crippen LogP) is 3.64. The molecule has 0 fully saturated rings. The zero-order valence-corrected chi connectivity index (χ0v) is 18.4. The minimum Gasteiger partial charge on any atom is -0.497 e. The number of imide groups is 1. The molecule has 3 aromatic rings. The third-order valence-electron chi connectivity index (χ3n) is 5.17. The molecule has 0 bridgehead atoms. The average molecular weight is 452 g/mol.